The molecule has 0 unspecified atom stereocenters. The normalized spacial score (nSPS) is 11.5. The molecule has 388 valence electrons. The van der Waals surface area contributed by atoms with Gasteiger partial charge in [-0.2, -0.15) is 44.6 Å². The van der Waals surface area contributed by atoms with Gasteiger partial charge in [0.05, 0.1) is 33.5 Å². The van der Waals surface area contributed by atoms with Crippen LogP contribution in [0.25, 0.3) is 26.7 Å². The zero-order valence-corrected chi connectivity index (χ0v) is 41.3. The van der Waals surface area contributed by atoms with Crippen molar-refractivity contribution in [1.82, 2.24) is 20.1 Å². The summed E-state index contributed by atoms with van der Waals surface area (Å²) in [6.45, 7) is 1.33. The molecule has 7 aromatic rings. The maximum Gasteiger partial charge on any atom is 0.425 e. The van der Waals surface area contributed by atoms with Crippen molar-refractivity contribution in [3.63, 3.8) is 0 Å². The van der Waals surface area contributed by atoms with Crippen LogP contribution in [0.3, 0.4) is 0 Å². The smallest absolute Gasteiger partial charge is 0.425 e. The number of urea groups is 1. The van der Waals surface area contributed by atoms with Crippen LogP contribution in [0.1, 0.15) is 5.56 Å². The number of rotatable bonds is 13. The number of aromatic hydroxyl groups is 2. The van der Waals surface area contributed by atoms with Gasteiger partial charge in [0.1, 0.15) is 32.5 Å². The summed E-state index contributed by atoms with van der Waals surface area (Å²) in [5, 5.41) is 53.9. The van der Waals surface area contributed by atoms with Crippen molar-refractivity contribution in [3.8, 4) is 17.3 Å². The van der Waals surface area contributed by atoms with E-state index in [9.17, 15) is 49.4 Å². The Morgan fingerprint density at radius 3 is 1.85 bits per heavy atom. The highest BCUT2D eigenvalue weighted by molar-refractivity contribution is 7.86. The van der Waals surface area contributed by atoms with Crippen LogP contribution in [0.5, 0.6) is 11.6 Å². The molecule has 0 bridgehead atoms. The van der Waals surface area contributed by atoms with Crippen LogP contribution < -0.4 is 10.6 Å². The Kier molecular flexibility index (Phi) is 19.8. The minimum Gasteiger partial charge on any atom is -0.505 e. The first-order valence-corrected chi connectivity index (χ1v) is 26.3. The van der Waals surface area contributed by atoms with E-state index in [4.69, 9.17) is 39.4 Å². The average molecular weight is 1140 g/mol. The number of amides is 2. The number of hydrogen-bond acceptors (Lipinski definition) is 26. The molecule has 0 atom stereocenters. The van der Waals surface area contributed by atoms with Gasteiger partial charge in [-0.05, 0) is 61.5 Å². The van der Waals surface area contributed by atoms with Gasteiger partial charge in [0.15, 0.2) is 11.4 Å². The van der Waals surface area contributed by atoms with Gasteiger partial charge in [-0.25, -0.2) is 9.78 Å². The Balaban J connectivity index is 0.000000984. The first-order chi connectivity index (χ1) is 34.6. The van der Waals surface area contributed by atoms with Crippen LogP contribution in [-0.2, 0) is 61.2 Å². The fourth-order valence-corrected chi connectivity index (χ4v) is 8.35. The summed E-state index contributed by atoms with van der Waals surface area (Å²) < 4.78 is 155. The minimum absolute atomic E-state index is 0.126. The number of azo groups is 3. The standard InChI is InChI=1S/C36H29N11O12S4.CO2.2O3S/c1-19-6-8-20(9-7-19)47-34(49)29(18-38-47)45-42-25-13-10-21-22(33(25)63(57,58)59)11-12-24(32(21)48)41-44-28-16-26(39-35(50)37-14-15-61(51,52)53)27(17-31(28)62(54,55)56)43-46-36-40-23-4-2-3-5-30(23)60-36;2-1-3;2*1-4(2)3/h2-13,16-18,48-49H,14-15H2,1H3,(H2,37,39,50)(H,51,52,53)(H,54,55,56)(H,57,58,59);;;. The number of para-hydroxylation sites is 1. The maximum atomic E-state index is 12.8. The SMILES string of the molecule is Cc1ccc(-n2ncc(N=Nc3ccc4c(O)c(N=Nc5cc(NC(=O)NCCS(=O)(=O)O)c(N=Nc6nc7ccccc7s6)cc5S(=O)(=O)O)ccc4c3S(=O)(=O)O)c2O)cc1.O=C=O.O=S(=O)=O.O=S(=O)=O. The first kappa shape index (κ1) is 58.1. The summed E-state index contributed by atoms with van der Waals surface area (Å²) in [5.41, 5.74) is -0.190. The molecule has 74 heavy (non-hydrogen) atoms. The number of thiazole rings is 1. The third-order valence-corrected chi connectivity index (χ3v) is 12.1. The van der Waals surface area contributed by atoms with Crippen LogP contribution in [0.15, 0.2) is 132 Å². The summed E-state index contributed by atoms with van der Waals surface area (Å²) in [4.78, 5) is 31.6. The molecule has 0 aliphatic heterocycles. The summed E-state index contributed by atoms with van der Waals surface area (Å²) in [7, 11) is -20.9. The number of nitrogens with one attached hydrogen (secondary N) is 2. The Morgan fingerprint density at radius 1 is 0.703 bits per heavy atom. The van der Waals surface area contributed by atoms with Crippen molar-refractivity contribution >= 4 is 135 Å². The number of hydrogen-bond donors (Lipinski definition) is 7. The van der Waals surface area contributed by atoms with Crippen molar-refractivity contribution in [3.05, 3.63) is 96.7 Å². The average Bonchev–Trinajstić information content (AvgIpc) is 3.88. The summed E-state index contributed by atoms with van der Waals surface area (Å²) in [5.74, 6) is -1.98. The Labute approximate surface area is 421 Å². The van der Waals surface area contributed by atoms with Gasteiger partial charge in [-0.15, -0.1) is 55.9 Å². The number of aryl methyl sites for hydroxylation is 1. The van der Waals surface area contributed by atoms with E-state index in [0.717, 1.165) is 51.9 Å². The lowest BCUT2D eigenvalue weighted by molar-refractivity contribution is -0.191. The Morgan fingerprint density at radius 2 is 1.26 bits per heavy atom. The van der Waals surface area contributed by atoms with Gasteiger partial charge in [-0.3, -0.25) is 13.7 Å². The number of fused-ring (bicyclic) bond motifs is 2. The molecule has 0 fully saturated rings. The molecule has 2 aromatic heterocycles. The fraction of sp³-hybridized carbons (Fsp3) is 0.0811. The van der Waals surface area contributed by atoms with Crippen molar-refractivity contribution < 1.29 is 88.8 Å². The number of anilines is 1. The number of aromatic nitrogens is 3. The predicted octanol–water partition coefficient (Wildman–Crippen LogP) is 5.51. The quantitative estimate of drug-likeness (QED) is 0.0552. The summed E-state index contributed by atoms with van der Waals surface area (Å²) in [6, 6.07) is 19.1. The number of phenolic OH excluding ortho intramolecular Hbond substituents is 1. The van der Waals surface area contributed by atoms with E-state index in [1.807, 2.05) is 6.92 Å². The number of carbonyl (C=O) groups excluding carboxylic acids is 3. The molecule has 0 aliphatic rings. The fourth-order valence-electron chi connectivity index (χ4n) is 5.75. The number of carbonyl (C=O) groups is 1. The van der Waals surface area contributed by atoms with Crippen LogP contribution >= 0.6 is 11.3 Å². The van der Waals surface area contributed by atoms with Crippen molar-refractivity contribution in [2.45, 2.75) is 16.7 Å². The molecule has 2 amide bonds. The molecule has 0 aliphatic carbocycles. The molecule has 0 saturated heterocycles. The molecular weight excluding hydrogens is 1110 g/mol. The monoisotopic (exact) mass is 1140 g/mol. The molecule has 7 N–H and O–H groups in total. The molecule has 5 aromatic carbocycles. The van der Waals surface area contributed by atoms with E-state index in [1.54, 1.807) is 48.5 Å². The Bertz CT molecular complexity index is 3920. The van der Waals surface area contributed by atoms with Crippen molar-refractivity contribution in [2.24, 2.45) is 30.7 Å². The largest absolute Gasteiger partial charge is 0.505 e. The van der Waals surface area contributed by atoms with Gasteiger partial charge >= 0.3 is 33.4 Å². The molecular formula is C37H29N11O20S6. The lowest BCUT2D eigenvalue weighted by Gasteiger charge is -2.12. The third kappa shape index (κ3) is 16.8. The second-order valence-electron chi connectivity index (χ2n) is 13.6. The molecule has 0 radical (unpaired) electrons. The Hall–Kier alpha value is -8.52. The number of benzene rings is 5. The van der Waals surface area contributed by atoms with Crippen LogP contribution in [-0.4, -0.2) is 114 Å². The second-order valence-corrected chi connectivity index (χ2v) is 19.7. The molecule has 0 saturated carbocycles. The zero-order valence-electron chi connectivity index (χ0n) is 36.4. The second kappa shape index (κ2) is 25.2. The van der Waals surface area contributed by atoms with Crippen LogP contribution in [0, 0.1) is 6.92 Å². The van der Waals surface area contributed by atoms with Crippen molar-refractivity contribution in [2.75, 3.05) is 17.6 Å². The van der Waals surface area contributed by atoms with E-state index >= 15 is 0 Å². The topological polar surface area (TPSA) is 486 Å². The van der Waals surface area contributed by atoms with Gasteiger partial charge in [-0.1, -0.05) is 47.2 Å². The highest BCUT2D eigenvalue weighted by Crippen LogP contribution is 2.44. The van der Waals surface area contributed by atoms with E-state index in [1.165, 1.54) is 16.9 Å². The van der Waals surface area contributed by atoms with Gasteiger partial charge in [0.2, 0.25) is 11.0 Å². The lowest BCUT2D eigenvalue weighted by Crippen LogP contribution is -2.32. The number of nitrogens with zero attached hydrogens (tertiary/aromatic N) is 9. The van der Waals surface area contributed by atoms with Gasteiger partial charge < -0.3 is 20.8 Å². The first-order valence-electron chi connectivity index (χ1n) is 19.0. The molecule has 0 spiro atoms. The van der Waals surface area contributed by atoms with E-state index in [-0.39, 0.29) is 44.8 Å². The molecule has 2 heterocycles. The highest BCUT2D eigenvalue weighted by atomic mass is 32.2. The van der Waals surface area contributed by atoms with E-state index in [2.05, 4.69) is 51.4 Å². The van der Waals surface area contributed by atoms with Gasteiger partial charge in [0.25, 0.3) is 30.4 Å². The maximum absolute atomic E-state index is 12.8. The van der Waals surface area contributed by atoms with Crippen LogP contribution in [0.4, 0.5) is 44.1 Å². The molecule has 31 nitrogen and oxygen atoms in total. The third-order valence-electron chi connectivity index (χ3n) is 8.65. The van der Waals surface area contributed by atoms with Crippen LogP contribution in [0.2, 0.25) is 0 Å². The number of phenols is 1. The predicted molar refractivity (Wildman–Crippen MR) is 252 cm³/mol. The van der Waals surface area contributed by atoms with Crippen molar-refractivity contribution in [1.29, 1.82) is 0 Å². The summed E-state index contributed by atoms with van der Waals surface area (Å²) in [6.07, 6.45) is 1.42. The lowest BCUT2D eigenvalue weighted by atomic mass is 10.1. The van der Waals surface area contributed by atoms with Gasteiger partial charge in [0, 0.05) is 17.3 Å². The molecule has 7 rings (SSSR count). The summed E-state index contributed by atoms with van der Waals surface area (Å²) >= 11 is 1.13. The highest BCUT2D eigenvalue weighted by Gasteiger charge is 2.24. The minimum atomic E-state index is -5.14. The zero-order chi connectivity index (χ0) is 55.1. The van der Waals surface area contributed by atoms with E-state index < -0.39 is 103 Å². The molecule has 37 heteroatoms. The van der Waals surface area contributed by atoms with E-state index in [0.29, 0.717) is 11.2 Å².